The van der Waals surface area contributed by atoms with E-state index in [-0.39, 0.29) is 116 Å². The molecule has 9 nitrogen and oxygen atoms in total. The van der Waals surface area contributed by atoms with Crippen LogP contribution in [0.1, 0.15) is 129 Å². The number of rotatable bonds is 16. The Morgan fingerprint density at radius 2 is 1.49 bits per heavy atom. The zero-order valence-corrected chi connectivity index (χ0v) is 49.9. The van der Waals surface area contributed by atoms with Crippen LogP contribution in [0.15, 0.2) is 24.3 Å². The summed E-state index contributed by atoms with van der Waals surface area (Å²) < 4.78 is 123. The van der Waals surface area contributed by atoms with Crippen molar-refractivity contribution in [2.75, 3.05) is 44.4 Å². The standard InChI is InChI=1S/C56H81F6N5O4Si3/c1-33(2)73(34(3)4,35(5)6)26-21-42-44(58)20-19-39-27-41(71-74(36(7)8,37(9)10)38(11)12)28-43(46(39)42)49-48(59)50-47-51(65-53(64-50)69-32-55-22-18-23-66(55)30-40(57)29-55)67(24-25-70-72(16,17)54(13,14)15)45(56(60,61)62)31-68-52(47)63-49/h19-20,27-28,33-38,40,45H,18,22-25,29-32H2,1-17H3/t40-,45?,55+/m1/s1. The molecule has 0 spiro atoms. The number of hydrogen-bond donors (Lipinski definition) is 0. The maximum absolute atomic E-state index is 18.6. The Labute approximate surface area is 439 Å². The Bertz CT molecular complexity index is 2730. The van der Waals surface area contributed by atoms with Gasteiger partial charge >= 0.3 is 12.2 Å². The van der Waals surface area contributed by atoms with Crippen molar-refractivity contribution in [1.82, 2.24) is 19.9 Å². The molecule has 0 aliphatic carbocycles. The highest BCUT2D eigenvalue weighted by atomic mass is 28.4. The van der Waals surface area contributed by atoms with Crippen LogP contribution in [0.2, 0.25) is 51.4 Å². The molecule has 7 rings (SSSR count). The van der Waals surface area contributed by atoms with Crippen LogP contribution in [0.5, 0.6) is 17.6 Å². The van der Waals surface area contributed by atoms with E-state index in [1.165, 1.54) is 6.07 Å². The number of nitrogens with zero attached hydrogens (tertiary/aromatic N) is 5. The van der Waals surface area contributed by atoms with Crippen molar-refractivity contribution in [3.8, 4) is 40.4 Å². The lowest BCUT2D eigenvalue weighted by atomic mass is 9.95. The van der Waals surface area contributed by atoms with E-state index in [9.17, 15) is 0 Å². The molecule has 18 heteroatoms. The molecule has 0 amide bonds. The summed E-state index contributed by atoms with van der Waals surface area (Å²) in [5, 5.41) is 0.363. The first-order valence-corrected chi connectivity index (χ1v) is 34.1. The van der Waals surface area contributed by atoms with Gasteiger partial charge in [0.25, 0.3) is 8.32 Å². The number of fused-ring (bicyclic) bond motifs is 2. The van der Waals surface area contributed by atoms with Crippen LogP contribution in [-0.2, 0) is 4.43 Å². The van der Waals surface area contributed by atoms with Gasteiger partial charge in [0.15, 0.2) is 20.2 Å². The highest BCUT2D eigenvalue weighted by Gasteiger charge is 2.52. The van der Waals surface area contributed by atoms with Crippen molar-refractivity contribution < 1.29 is 44.7 Å². The summed E-state index contributed by atoms with van der Waals surface area (Å²) in [4.78, 5) is 17.3. The van der Waals surface area contributed by atoms with E-state index in [0.29, 0.717) is 24.1 Å². The molecule has 74 heavy (non-hydrogen) atoms. The highest BCUT2D eigenvalue weighted by molar-refractivity contribution is 6.90. The lowest BCUT2D eigenvalue weighted by Gasteiger charge is -2.42. The predicted octanol–water partition coefficient (Wildman–Crippen LogP) is 15.4. The quantitative estimate of drug-likeness (QED) is 0.0619. The third-order valence-corrected chi connectivity index (χ3v) is 34.3. The second kappa shape index (κ2) is 21.1. The maximum atomic E-state index is 18.6. The smallest absolute Gasteiger partial charge is 0.412 e. The first-order chi connectivity index (χ1) is 34.3. The Hall–Kier alpha value is -3.90. The van der Waals surface area contributed by atoms with Gasteiger partial charge in [0, 0.05) is 30.5 Å². The van der Waals surface area contributed by atoms with Gasteiger partial charge in [-0.05, 0) is 94.4 Å². The Balaban J connectivity index is 1.55. The molecule has 3 aliphatic heterocycles. The van der Waals surface area contributed by atoms with Crippen LogP contribution in [0, 0.1) is 23.1 Å². The Kier molecular flexibility index (Phi) is 16.5. The molecule has 408 valence electrons. The van der Waals surface area contributed by atoms with Gasteiger partial charge in [0.05, 0.1) is 17.7 Å². The van der Waals surface area contributed by atoms with Crippen LogP contribution >= 0.6 is 0 Å². The summed E-state index contributed by atoms with van der Waals surface area (Å²) in [7, 11) is -7.63. The molecule has 2 saturated heterocycles. The van der Waals surface area contributed by atoms with Crippen LogP contribution in [-0.4, -0.2) is 108 Å². The summed E-state index contributed by atoms with van der Waals surface area (Å²) in [6, 6.07) is 3.86. The largest absolute Gasteiger partial charge is 0.543 e. The first-order valence-electron chi connectivity index (χ1n) is 26.8. The Morgan fingerprint density at radius 1 is 0.851 bits per heavy atom. The van der Waals surface area contributed by atoms with Crippen LogP contribution < -0.4 is 18.8 Å². The van der Waals surface area contributed by atoms with E-state index in [0.717, 1.165) is 11.3 Å². The van der Waals surface area contributed by atoms with Crippen LogP contribution in [0.3, 0.4) is 0 Å². The van der Waals surface area contributed by atoms with Gasteiger partial charge in [-0.25, -0.2) is 18.2 Å². The minimum Gasteiger partial charge on any atom is -0.543 e. The zero-order valence-electron chi connectivity index (χ0n) is 46.9. The minimum atomic E-state index is -4.87. The number of anilines is 1. The number of hydrogen-bond acceptors (Lipinski definition) is 9. The number of halogens is 6. The number of pyridine rings is 1. The van der Waals surface area contributed by atoms with E-state index >= 15 is 26.3 Å². The molecule has 0 bridgehead atoms. The third kappa shape index (κ3) is 10.5. The van der Waals surface area contributed by atoms with Crippen molar-refractivity contribution in [3.63, 3.8) is 0 Å². The summed E-state index contributed by atoms with van der Waals surface area (Å²) in [5.74, 6) is 1.52. The summed E-state index contributed by atoms with van der Waals surface area (Å²) >= 11 is 0. The number of benzene rings is 2. The maximum Gasteiger partial charge on any atom is 0.412 e. The highest BCUT2D eigenvalue weighted by Crippen LogP contribution is 2.49. The SMILES string of the molecule is CC(C)[Si](C#Cc1c(F)ccc2cc(O[Si](C(C)C)(C(C)C)C(C)C)cc(-c3nc4c5c(nc(OC[C@@]67CCCN6C[C@H](F)C7)nc5c3F)N(CCO[Si](C)(C)C(C)(C)C)C(C(F)(F)F)CO4)c12)(C(C)C)C(C)C. The summed E-state index contributed by atoms with van der Waals surface area (Å²) in [6.07, 6.45) is -4.29. The molecule has 2 fully saturated rings. The molecule has 3 atom stereocenters. The average molecular weight is 1090 g/mol. The van der Waals surface area contributed by atoms with Gasteiger partial charge in [-0.3, -0.25) is 4.90 Å². The fraction of sp³-hybridized carbons (Fsp3) is 0.661. The number of ether oxygens (including phenoxy) is 2. The molecule has 2 aromatic carbocycles. The van der Waals surface area contributed by atoms with Crippen molar-refractivity contribution in [3.05, 3.63) is 41.5 Å². The van der Waals surface area contributed by atoms with E-state index in [1.54, 1.807) is 12.1 Å². The topological polar surface area (TPSA) is 82.1 Å². The van der Waals surface area contributed by atoms with Crippen molar-refractivity contribution >= 4 is 52.2 Å². The van der Waals surface area contributed by atoms with Gasteiger partial charge < -0.3 is 23.2 Å². The molecule has 4 aromatic rings. The van der Waals surface area contributed by atoms with E-state index in [4.69, 9.17) is 23.3 Å². The molecule has 2 aromatic heterocycles. The van der Waals surface area contributed by atoms with Crippen molar-refractivity contribution in [2.45, 2.75) is 198 Å². The lowest BCUT2D eigenvalue weighted by molar-refractivity contribution is -0.154. The van der Waals surface area contributed by atoms with E-state index < -0.39 is 72.4 Å². The number of aromatic nitrogens is 3. The second-order valence-electron chi connectivity index (χ2n) is 24.7. The van der Waals surface area contributed by atoms with Gasteiger partial charge in [0.2, 0.25) is 5.88 Å². The molecule has 0 radical (unpaired) electrons. The fourth-order valence-electron chi connectivity index (χ4n) is 12.8. The number of alkyl halides is 4. The Morgan fingerprint density at radius 3 is 2.07 bits per heavy atom. The molecule has 3 aliphatic rings. The molecule has 5 heterocycles. The molecule has 0 N–H and O–H groups in total. The van der Waals surface area contributed by atoms with Crippen LogP contribution in [0.4, 0.5) is 32.2 Å². The van der Waals surface area contributed by atoms with Gasteiger partial charge in [-0.1, -0.05) is 116 Å². The van der Waals surface area contributed by atoms with E-state index in [2.05, 4.69) is 105 Å². The fourth-order valence-corrected chi connectivity index (χ4v) is 24.3. The minimum absolute atomic E-state index is 0.0524. The second-order valence-corrected chi connectivity index (χ2v) is 40.5. The van der Waals surface area contributed by atoms with Crippen molar-refractivity contribution in [2.24, 2.45) is 0 Å². The van der Waals surface area contributed by atoms with Crippen LogP contribution in [0.25, 0.3) is 32.9 Å². The zero-order chi connectivity index (χ0) is 54.8. The average Bonchev–Trinajstić information content (AvgIpc) is 3.76. The van der Waals surface area contributed by atoms with Crippen molar-refractivity contribution in [1.29, 1.82) is 0 Å². The van der Waals surface area contributed by atoms with Gasteiger partial charge in [-0.2, -0.15) is 23.1 Å². The summed E-state index contributed by atoms with van der Waals surface area (Å²) in [6.45, 7) is 35.6. The first kappa shape index (κ1) is 57.8. The van der Waals surface area contributed by atoms with Gasteiger partial charge in [0.1, 0.15) is 61.4 Å². The van der Waals surface area contributed by atoms with Gasteiger partial charge in [-0.15, -0.1) is 5.54 Å². The molecular weight excluding hydrogens is 1000 g/mol. The molecular formula is C56H81F6N5O4Si3. The normalized spacial score (nSPS) is 20.1. The third-order valence-electron chi connectivity index (χ3n) is 17.5. The molecule has 1 unspecified atom stereocenters. The summed E-state index contributed by atoms with van der Waals surface area (Å²) in [5.41, 5.74) is 3.51. The lowest BCUT2D eigenvalue weighted by Crippen LogP contribution is -2.51. The molecule has 0 saturated carbocycles. The van der Waals surface area contributed by atoms with E-state index in [1.807, 2.05) is 44.8 Å². The predicted molar refractivity (Wildman–Crippen MR) is 294 cm³/mol. The monoisotopic (exact) mass is 1090 g/mol.